The van der Waals surface area contributed by atoms with E-state index in [2.05, 4.69) is 126 Å². The molecule has 0 aromatic carbocycles. The van der Waals surface area contributed by atoms with Crippen LogP contribution in [0.15, 0.2) is 84.9 Å². The SMILES string of the molecule is CC(C)(C)[C-]1PP[C-](C(C)(C)C)PP1.[Rh].[Rh].c1cc2cc[cH-]cc-2c1.c1cc2cc[cH-]cc-2c1. The molecular weight excluding hydrogens is 666 g/mol. The van der Waals surface area contributed by atoms with Gasteiger partial charge in [-0.05, 0) is 0 Å². The molecule has 0 nitrogen and oxygen atoms in total. The Morgan fingerprint density at radius 2 is 0.853 bits per heavy atom. The summed E-state index contributed by atoms with van der Waals surface area (Å²) >= 11 is 0. The van der Waals surface area contributed by atoms with Crippen LogP contribution in [0.2, 0.25) is 0 Å². The van der Waals surface area contributed by atoms with E-state index in [0.29, 0.717) is 10.8 Å². The predicted molar refractivity (Wildman–Crippen MR) is 156 cm³/mol. The quantitative estimate of drug-likeness (QED) is 0.0973. The van der Waals surface area contributed by atoms with E-state index in [1.807, 2.05) is 10.8 Å². The summed E-state index contributed by atoms with van der Waals surface area (Å²) in [5.41, 5.74) is 6.27. The molecular formula is C28H36P4Rh2-4. The van der Waals surface area contributed by atoms with Gasteiger partial charge in [0.25, 0.3) is 0 Å². The summed E-state index contributed by atoms with van der Waals surface area (Å²) in [5.74, 6) is 0. The summed E-state index contributed by atoms with van der Waals surface area (Å²) in [5, 5.41) is 3.70. The molecule has 0 saturated carbocycles. The van der Waals surface area contributed by atoms with Gasteiger partial charge in [0.15, 0.2) is 0 Å². The average molecular weight is 702 g/mol. The van der Waals surface area contributed by atoms with Crippen molar-refractivity contribution in [2.24, 2.45) is 10.8 Å². The number of benzene rings is 2. The topological polar surface area (TPSA) is 0 Å². The molecule has 0 amide bonds. The van der Waals surface area contributed by atoms with Crippen LogP contribution in [0.5, 0.6) is 0 Å². The number of hydrogen-bond donors (Lipinski definition) is 0. The van der Waals surface area contributed by atoms with E-state index in [1.165, 1.54) is 22.3 Å². The molecule has 0 bridgehead atoms. The van der Waals surface area contributed by atoms with E-state index in [9.17, 15) is 0 Å². The predicted octanol–water partition coefficient (Wildman–Crippen LogP) is 10.6. The largest absolute Gasteiger partial charge is 0.283 e. The molecule has 4 unspecified atom stereocenters. The Balaban J connectivity index is 0.000000255. The van der Waals surface area contributed by atoms with Crippen molar-refractivity contribution in [3.05, 3.63) is 95.7 Å². The molecule has 0 spiro atoms. The maximum absolute atomic E-state index is 2.37. The third kappa shape index (κ3) is 10.2. The van der Waals surface area contributed by atoms with Gasteiger partial charge in [0, 0.05) is 39.0 Å². The van der Waals surface area contributed by atoms with E-state index < -0.39 is 0 Å². The molecule has 2 radical (unpaired) electrons. The molecule has 1 aliphatic heterocycles. The van der Waals surface area contributed by atoms with Crippen molar-refractivity contribution < 1.29 is 39.0 Å². The second kappa shape index (κ2) is 15.1. The molecule has 1 saturated heterocycles. The molecule has 0 aromatic heterocycles. The van der Waals surface area contributed by atoms with E-state index in [4.69, 9.17) is 0 Å². The van der Waals surface area contributed by atoms with Gasteiger partial charge in [0.2, 0.25) is 0 Å². The Labute approximate surface area is 240 Å². The molecule has 4 aliphatic carbocycles. The summed E-state index contributed by atoms with van der Waals surface area (Å²) in [6.45, 7) is 14.2. The summed E-state index contributed by atoms with van der Waals surface area (Å²) in [4.78, 5) is 0. The van der Waals surface area contributed by atoms with E-state index in [0.717, 1.165) is 33.1 Å². The number of rotatable bonds is 0. The van der Waals surface area contributed by atoms with Crippen LogP contribution < -0.4 is 0 Å². The van der Waals surface area contributed by atoms with Crippen LogP contribution in [-0.2, 0) is 39.0 Å². The van der Waals surface area contributed by atoms with Crippen molar-refractivity contribution in [2.75, 3.05) is 0 Å². The van der Waals surface area contributed by atoms with Gasteiger partial charge >= 0.3 is 0 Å². The first-order valence-corrected chi connectivity index (χ1v) is 17.1. The molecule has 4 atom stereocenters. The zero-order valence-corrected chi connectivity index (χ0v) is 28.0. The van der Waals surface area contributed by atoms with Crippen molar-refractivity contribution >= 4 is 33.1 Å². The summed E-state index contributed by atoms with van der Waals surface area (Å²) in [6, 6.07) is 29.3. The minimum absolute atomic E-state index is 0. The molecule has 0 N–H and O–H groups in total. The summed E-state index contributed by atoms with van der Waals surface area (Å²) in [7, 11) is 4.50. The van der Waals surface area contributed by atoms with Crippen molar-refractivity contribution in [1.29, 1.82) is 0 Å². The van der Waals surface area contributed by atoms with Crippen molar-refractivity contribution in [1.82, 2.24) is 0 Å². The van der Waals surface area contributed by atoms with Crippen molar-refractivity contribution in [3.63, 3.8) is 0 Å². The van der Waals surface area contributed by atoms with Crippen LogP contribution in [0, 0.1) is 21.6 Å². The van der Waals surface area contributed by atoms with Crippen LogP contribution in [-0.4, -0.2) is 0 Å². The van der Waals surface area contributed by atoms with Crippen LogP contribution >= 0.6 is 33.1 Å². The molecule has 0 aromatic rings. The molecule has 34 heavy (non-hydrogen) atoms. The maximum Gasteiger partial charge on any atom is 0 e. The fourth-order valence-electron chi connectivity index (χ4n) is 3.20. The van der Waals surface area contributed by atoms with Gasteiger partial charge in [-0.15, -0.1) is 34.4 Å². The van der Waals surface area contributed by atoms with Crippen LogP contribution in [0.25, 0.3) is 22.3 Å². The molecule has 190 valence electrons. The van der Waals surface area contributed by atoms with Gasteiger partial charge in [-0.1, -0.05) is 65.8 Å². The summed E-state index contributed by atoms with van der Waals surface area (Å²) < 4.78 is 0. The molecule has 5 rings (SSSR count). The van der Waals surface area contributed by atoms with Gasteiger partial charge in [-0.3, -0.25) is 43.9 Å². The molecule has 1 fully saturated rings. The first kappa shape index (κ1) is 32.7. The van der Waals surface area contributed by atoms with Gasteiger partial charge in [0.05, 0.1) is 0 Å². The van der Waals surface area contributed by atoms with Crippen LogP contribution in [0.4, 0.5) is 0 Å². The smallest absolute Gasteiger partial charge is 0 e. The zero-order valence-electron chi connectivity index (χ0n) is 20.7. The fourth-order valence-corrected chi connectivity index (χ4v) is 18.5. The van der Waals surface area contributed by atoms with Crippen molar-refractivity contribution in [2.45, 2.75) is 41.5 Å². The normalized spacial score (nSPS) is 17.6. The van der Waals surface area contributed by atoms with E-state index in [-0.39, 0.29) is 39.0 Å². The second-order valence-electron chi connectivity index (χ2n) is 10.1. The number of hydrogen-bond acceptors (Lipinski definition) is 0. The monoisotopic (exact) mass is 702 g/mol. The Morgan fingerprint density at radius 3 is 1.15 bits per heavy atom. The van der Waals surface area contributed by atoms with E-state index >= 15 is 0 Å². The van der Waals surface area contributed by atoms with Crippen molar-refractivity contribution in [3.8, 4) is 22.3 Å². The second-order valence-corrected chi connectivity index (χ2v) is 17.1. The van der Waals surface area contributed by atoms with Gasteiger partial charge < -0.3 is 0 Å². The van der Waals surface area contributed by atoms with Crippen LogP contribution in [0.3, 0.4) is 0 Å². The van der Waals surface area contributed by atoms with Gasteiger partial charge in [0.1, 0.15) is 0 Å². The van der Waals surface area contributed by atoms with Crippen LogP contribution in [0.1, 0.15) is 41.5 Å². The Hall–Kier alpha value is 0.627. The Morgan fingerprint density at radius 1 is 0.529 bits per heavy atom. The van der Waals surface area contributed by atoms with Gasteiger partial charge in [-0.25, -0.2) is 0 Å². The van der Waals surface area contributed by atoms with E-state index in [1.54, 1.807) is 0 Å². The fraction of sp³-hybridized carbons (Fsp3) is 0.286. The zero-order chi connectivity index (χ0) is 23.2. The first-order valence-electron chi connectivity index (χ1n) is 11.1. The Bertz CT molecular complexity index is 852. The van der Waals surface area contributed by atoms with Gasteiger partial charge in [-0.2, -0.15) is 59.4 Å². The number of fused-ring (bicyclic) bond motifs is 2. The molecule has 5 aliphatic rings. The standard InChI is InChI=1S/C10H22P4.2C9H7.2Rh/c1-9(2,3)7-11-13-8(14-12-7)10(4,5)6;2*1-2-5-9-7-3-6-8(9)4-1;;/h11-14H,1-6H3;2*1-7H;;/q-2;2*-1;;. The Kier molecular flexibility index (Phi) is 14.5. The summed E-state index contributed by atoms with van der Waals surface area (Å²) in [6.07, 6.45) is 0. The third-order valence-corrected chi connectivity index (χ3v) is 17.7. The molecule has 1 heterocycles. The minimum Gasteiger partial charge on any atom is -0.283 e. The maximum atomic E-state index is 2.37. The third-order valence-electron chi connectivity index (χ3n) is 5.22. The first-order chi connectivity index (χ1) is 15.1. The average Bonchev–Trinajstić information content (AvgIpc) is 3.43. The molecule has 6 heteroatoms. The minimum atomic E-state index is 0.